The number of nitrogens with zero attached hydrogens (tertiary/aromatic N) is 2. The van der Waals surface area contributed by atoms with E-state index in [2.05, 4.69) is 52.5 Å². The van der Waals surface area contributed by atoms with E-state index >= 15 is 0 Å². The summed E-state index contributed by atoms with van der Waals surface area (Å²) in [7, 11) is 0. The Hall–Kier alpha value is -1.61. The number of hydrogen-bond donors (Lipinski definition) is 1. The van der Waals surface area contributed by atoms with E-state index in [0.29, 0.717) is 0 Å². The van der Waals surface area contributed by atoms with Crippen molar-refractivity contribution >= 4 is 16.6 Å². The predicted molar refractivity (Wildman–Crippen MR) is 85.2 cm³/mol. The van der Waals surface area contributed by atoms with Crippen molar-refractivity contribution < 1.29 is 0 Å². The molecular formula is C17H23N3. The molecule has 0 saturated carbocycles. The Morgan fingerprint density at radius 2 is 2.20 bits per heavy atom. The standard InChI is InChI=1S/C17H23N3/c1-2-18-12-14-6-5-11-20(13-14)17-16-8-4-3-7-15(16)9-10-19-17/h3-4,7-10,14,18H,2,5-6,11-13H2,1H3. The zero-order valence-electron chi connectivity index (χ0n) is 12.2. The largest absolute Gasteiger partial charge is 0.356 e. The number of fused-ring (bicyclic) bond motifs is 1. The van der Waals surface area contributed by atoms with Gasteiger partial charge in [0.25, 0.3) is 0 Å². The molecule has 3 heteroatoms. The van der Waals surface area contributed by atoms with Crippen LogP contribution >= 0.6 is 0 Å². The molecule has 20 heavy (non-hydrogen) atoms. The molecule has 1 unspecified atom stereocenters. The molecule has 1 N–H and O–H groups in total. The second kappa shape index (κ2) is 6.23. The molecule has 3 nitrogen and oxygen atoms in total. The van der Waals surface area contributed by atoms with Crippen LogP contribution in [-0.2, 0) is 0 Å². The van der Waals surface area contributed by atoms with E-state index in [1.54, 1.807) is 0 Å². The summed E-state index contributed by atoms with van der Waals surface area (Å²) < 4.78 is 0. The quantitative estimate of drug-likeness (QED) is 0.924. The van der Waals surface area contributed by atoms with Gasteiger partial charge >= 0.3 is 0 Å². The Labute approximate surface area is 121 Å². The monoisotopic (exact) mass is 269 g/mol. The summed E-state index contributed by atoms with van der Waals surface area (Å²) in [6, 6.07) is 10.6. The number of piperidine rings is 1. The van der Waals surface area contributed by atoms with E-state index < -0.39 is 0 Å². The number of pyridine rings is 1. The Bertz CT molecular complexity index is 562. The molecule has 106 valence electrons. The first-order valence-corrected chi connectivity index (χ1v) is 7.68. The summed E-state index contributed by atoms with van der Waals surface area (Å²) >= 11 is 0. The summed E-state index contributed by atoms with van der Waals surface area (Å²) in [5.41, 5.74) is 0. The van der Waals surface area contributed by atoms with E-state index in [4.69, 9.17) is 0 Å². The molecule has 1 atom stereocenters. The molecule has 0 radical (unpaired) electrons. The van der Waals surface area contributed by atoms with E-state index in [1.807, 2.05) is 6.20 Å². The van der Waals surface area contributed by atoms with Gasteiger partial charge in [-0.25, -0.2) is 4.98 Å². The maximum Gasteiger partial charge on any atom is 0.136 e. The average molecular weight is 269 g/mol. The number of hydrogen-bond acceptors (Lipinski definition) is 3. The van der Waals surface area contributed by atoms with Gasteiger partial charge in [0.05, 0.1) is 0 Å². The minimum absolute atomic E-state index is 0.740. The molecule has 2 heterocycles. The summed E-state index contributed by atoms with van der Waals surface area (Å²) in [6.07, 6.45) is 4.53. The Morgan fingerprint density at radius 3 is 3.10 bits per heavy atom. The molecule has 0 bridgehead atoms. The number of rotatable bonds is 4. The molecule has 1 fully saturated rings. The third-order valence-corrected chi connectivity index (χ3v) is 4.15. The topological polar surface area (TPSA) is 28.2 Å². The van der Waals surface area contributed by atoms with Crippen molar-refractivity contribution in [2.45, 2.75) is 19.8 Å². The maximum atomic E-state index is 4.65. The van der Waals surface area contributed by atoms with Gasteiger partial charge < -0.3 is 10.2 Å². The molecule has 1 aromatic heterocycles. The van der Waals surface area contributed by atoms with Gasteiger partial charge in [0, 0.05) is 24.7 Å². The van der Waals surface area contributed by atoms with Crippen molar-refractivity contribution in [1.82, 2.24) is 10.3 Å². The van der Waals surface area contributed by atoms with Gasteiger partial charge in [-0.05, 0) is 43.3 Å². The molecule has 1 saturated heterocycles. The van der Waals surface area contributed by atoms with Gasteiger partial charge in [0.2, 0.25) is 0 Å². The molecular weight excluding hydrogens is 246 g/mol. The highest BCUT2D eigenvalue weighted by molar-refractivity contribution is 5.92. The number of aromatic nitrogens is 1. The lowest BCUT2D eigenvalue weighted by atomic mass is 9.97. The Kier molecular flexibility index (Phi) is 4.16. The van der Waals surface area contributed by atoms with E-state index in [-0.39, 0.29) is 0 Å². The van der Waals surface area contributed by atoms with Crippen molar-refractivity contribution in [1.29, 1.82) is 0 Å². The van der Waals surface area contributed by atoms with Crippen LogP contribution in [-0.4, -0.2) is 31.2 Å². The SMILES string of the molecule is CCNCC1CCCN(c2nccc3ccccc23)C1. The van der Waals surface area contributed by atoms with Crippen LogP contribution in [0, 0.1) is 5.92 Å². The smallest absolute Gasteiger partial charge is 0.136 e. The van der Waals surface area contributed by atoms with Crippen LogP contribution in [0.5, 0.6) is 0 Å². The lowest BCUT2D eigenvalue weighted by Crippen LogP contribution is -2.40. The lowest BCUT2D eigenvalue weighted by Gasteiger charge is -2.34. The van der Waals surface area contributed by atoms with Crippen LogP contribution < -0.4 is 10.2 Å². The Morgan fingerprint density at radius 1 is 1.30 bits per heavy atom. The van der Waals surface area contributed by atoms with Crippen LogP contribution in [0.2, 0.25) is 0 Å². The van der Waals surface area contributed by atoms with E-state index in [0.717, 1.165) is 37.9 Å². The highest BCUT2D eigenvalue weighted by Gasteiger charge is 2.21. The third kappa shape index (κ3) is 2.78. The van der Waals surface area contributed by atoms with Gasteiger partial charge in [-0.1, -0.05) is 31.2 Å². The molecule has 0 spiro atoms. The summed E-state index contributed by atoms with van der Waals surface area (Å²) in [6.45, 7) is 6.60. The summed E-state index contributed by atoms with van der Waals surface area (Å²) in [5, 5.41) is 6.04. The van der Waals surface area contributed by atoms with Gasteiger partial charge in [-0.15, -0.1) is 0 Å². The van der Waals surface area contributed by atoms with Crippen LogP contribution in [0.25, 0.3) is 10.8 Å². The fourth-order valence-electron chi connectivity index (χ4n) is 3.13. The molecule has 2 aromatic rings. The first-order chi connectivity index (χ1) is 9.88. The van der Waals surface area contributed by atoms with Crippen molar-refractivity contribution in [2.75, 3.05) is 31.1 Å². The third-order valence-electron chi connectivity index (χ3n) is 4.15. The first kappa shape index (κ1) is 13.4. The van der Waals surface area contributed by atoms with Crippen LogP contribution in [0.1, 0.15) is 19.8 Å². The molecule has 1 aliphatic heterocycles. The molecule has 0 aliphatic carbocycles. The molecule has 1 aromatic carbocycles. The minimum atomic E-state index is 0.740. The molecule has 0 amide bonds. The summed E-state index contributed by atoms with van der Waals surface area (Å²) in [4.78, 5) is 7.12. The number of anilines is 1. The summed E-state index contributed by atoms with van der Waals surface area (Å²) in [5.74, 6) is 1.90. The first-order valence-electron chi connectivity index (χ1n) is 7.68. The van der Waals surface area contributed by atoms with Crippen LogP contribution in [0.4, 0.5) is 5.82 Å². The van der Waals surface area contributed by atoms with Crippen molar-refractivity contribution in [3.8, 4) is 0 Å². The Balaban J connectivity index is 1.83. The van der Waals surface area contributed by atoms with Gasteiger partial charge in [0.1, 0.15) is 5.82 Å². The van der Waals surface area contributed by atoms with Crippen LogP contribution in [0.15, 0.2) is 36.5 Å². The number of nitrogens with one attached hydrogen (secondary N) is 1. The lowest BCUT2D eigenvalue weighted by molar-refractivity contribution is 0.394. The minimum Gasteiger partial charge on any atom is -0.356 e. The fraction of sp³-hybridized carbons (Fsp3) is 0.471. The van der Waals surface area contributed by atoms with Crippen molar-refractivity contribution in [3.63, 3.8) is 0 Å². The molecule has 1 aliphatic rings. The maximum absolute atomic E-state index is 4.65. The van der Waals surface area contributed by atoms with Gasteiger partial charge in [-0.3, -0.25) is 0 Å². The zero-order chi connectivity index (χ0) is 13.8. The van der Waals surface area contributed by atoms with Gasteiger partial charge in [0.15, 0.2) is 0 Å². The van der Waals surface area contributed by atoms with Gasteiger partial charge in [-0.2, -0.15) is 0 Å². The highest BCUT2D eigenvalue weighted by Crippen LogP contribution is 2.27. The van der Waals surface area contributed by atoms with E-state index in [9.17, 15) is 0 Å². The van der Waals surface area contributed by atoms with E-state index in [1.165, 1.54) is 23.6 Å². The normalized spacial score (nSPS) is 19.4. The van der Waals surface area contributed by atoms with Crippen LogP contribution in [0.3, 0.4) is 0 Å². The van der Waals surface area contributed by atoms with Crippen molar-refractivity contribution in [2.24, 2.45) is 5.92 Å². The fourth-order valence-corrected chi connectivity index (χ4v) is 3.13. The predicted octanol–water partition coefficient (Wildman–Crippen LogP) is 3.06. The second-order valence-corrected chi connectivity index (χ2v) is 5.62. The zero-order valence-corrected chi connectivity index (χ0v) is 12.2. The average Bonchev–Trinajstić information content (AvgIpc) is 2.52. The second-order valence-electron chi connectivity index (χ2n) is 5.62. The molecule has 3 rings (SSSR count). The number of benzene rings is 1. The van der Waals surface area contributed by atoms with Crippen molar-refractivity contribution in [3.05, 3.63) is 36.5 Å². The highest BCUT2D eigenvalue weighted by atomic mass is 15.2.